The molecule has 1 heterocycles. The normalized spacial score (nSPS) is 12.0. The second-order valence-electron chi connectivity index (χ2n) is 4.81. The number of H-pyrrole nitrogens is 1. The summed E-state index contributed by atoms with van der Waals surface area (Å²) in [5.41, 5.74) is 5.66. The summed E-state index contributed by atoms with van der Waals surface area (Å²) in [5, 5.41) is 11.5. The summed E-state index contributed by atoms with van der Waals surface area (Å²) in [6.45, 7) is 3.13. The van der Waals surface area contributed by atoms with Gasteiger partial charge in [-0.3, -0.25) is 4.79 Å². The first-order chi connectivity index (χ1) is 9.81. The van der Waals surface area contributed by atoms with Gasteiger partial charge >= 0.3 is 12.0 Å². The average molecular weight is 297 g/mol. The zero-order valence-electron chi connectivity index (χ0n) is 11.9. The number of aliphatic carboxylic acids is 1. The summed E-state index contributed by atoms with van der Waals surface area (Å²) in [6.07, 6.45) is 2.96. The molecule has 0 aliphatic rings. The highest BCUT2D eigenvalue weighted by molar-refractivity contribution is 5.86. The lowest BCUT2D eigenvalue weighted by atomic mass is 10.1. The molecule has 0 unspecified atom stereocenters. The van der Waals surface area contributed by atoms with E-state index in [4.69, 9.17) is 10.8 Å². The smallest absolute Gasteiger partial charge is 0.326 e. The van der Waals surface area contributed by atoms with Crippen LogP contribution in [0.4, 0.5) is 4.79 Å². The van der Waals surface area contributed by atoms with E-state index in [1.807, 2.05) is 0 Å². The number of nitrogens with zero attached hydrogens (tertiary/aromatic N) is 2. The first-order valence-corrected chi connectivity index (χ1v) is 6.36. The molecular formula is C12H19N5O4. The monoisotopic (exact) mass is 297 g/mol. The zero-order chi connectivity index (χ0) is 16.0. The third kappa shape index (κ3) is 5.13. The van der Waals surface area contributed by atoms with Gasteiger partial charge in [-0.25, -0.2) is 14.6 Å². The standard InChI is InChI=1S/C12H19N5O4/c1-7(2)17(5-10(13)18)12(21)16-9(11(19)20)3-8-4-14-6-15-8/h4,6-7,9H,3,5H2,1-2H3,(H2,13,18)(H,14,15)(H,16,21)(H,19,20)/t9-/m0/s1. The van der Waals surface area contributed by atoms with Gasteiger partial charge in [0.15, 0.2) is 0 Å². The van der Waals surface area contributed by atoms with E-state index in [-0.39, 0.29) is 19.0 Å². The Balaban J connectivity index is 2.74. The molecule has 9 heteroatoms. The molecule has 3 amide bonds. The Morgan fingerprint density at radius 2 is 2.14 bits per heavy atom. The van der Waals surface area contributed by atoms with Crippen LogP contribution >= 0.6 is 0 Å². The van der Waals surface area contributed by atoms with Gasteiger partial charge in [0.2, 0.25) is 5.91 Å². The van der Waals surface area contributed by atoms with Gasteiger partial charge in [0, 0.05) is 24.4 Å². The minimum atomic E-state index is -1.18. The van der Waals surface area contributed by atoms with Crippen molar-refractivity contribution in [2.24, 2.45) is 5.73 Å². The predicted octanol–water partition coefficient (Wildman–Crippen LogP) is -0.689. The number of aromatic amines is 1. The Morgan fingerprint density at radius 3 is 2.57 bits per heavy atom. The van der Waals surface area contributed by atoms with Crippen LogP contribution in [-0.2, 0) is 16.0 Å². The predicted molar refractivity (Wildman–Crippen MR) is 73.3 cm³/mol. The number of urea groups is 1. The molecule has 0 radical (unpaired) electrons. The molecule has 1 aromatic rings. The third-order valence-corrected chi connectivity index (χ3v) is 2.79. The van der Waals surface area contributed by atoms with Crippen LogP contribution in [-0.4, -0.2) is 56.5 Å². The Kier molecular flexibility index (Phi) is 5.70. The summed E-state index contributed by atoms with van der Waals surface area (Å²) >= 11 is 0. The van der Waals surface area contributed by atoms with E-state index in [9.17, 15) is 14.4 Å². The SMILES string of the molecule is CC(C)N(CC(N)=O)C(=O)N[C@@H](Cc1cnc[nH]1)C(=O)O. The number of hydrogen-bond acceptors (Lipinski definition) is 4. The van der Waals surface area contributed by atoms with Crippen LogP contribution in [0.2, 0.25) is 0 Å². The molecule has 0 aromatic carbocycles. The van der Waals surface area contributed by atoms with Crippen molar-refractivity contribution < 1.29 is 19.5 Å². The van der Waals surface area contributed by atoms with Crippen LogP contribution in [0.5, 0.6) is 0 Å². The molecular weight excluding hydrogens is 278 g/mol. The third-order valence-electron chi connectivity index (χ3n) is 2.79. The first-order valence-electron chi connectivity index (χ1n) is 6.36. The highest BCUT2D eigenvalue weighted by Crippen LogP contribution is 2.03. The van der Waals surface area contributed by atoms with Gasteiger partial charge in [-0.2, -0.15) is 0 Å². The summed E-state index contributed by atoms with van der Waals surface area (Å²) < 4.78 is 0. The minimum Gasteiger partial charge on any atom is -0.480 e. The van der Waals surface area contributed by atoms with E-state index in [2.05, 4.69) is 15.3 Å². The van der Waals surface area contributed by atoms with Crippen molar-refractivity contribution in [2.75, 3.05) is 6.54 Å². The van der Waals surface area contributed by atoms with Crippen LogP contribution in [0.1, 0.15) is 19.5 Å². The Labute approximate surface area is 121 Å². The molecule has 0 aliphatic heterocycles. The molecule has 9 nitrogen and oxygen atoms in total. The van der Waals surface area contributed by atoms with Gasteiger partial charge in [-0.05, 0) is 13.8 Å². The molecule has 21 heavy (non-hydrogen) atoms. The van der Waals surface area contributed by atoms with E-state index in [1.54, 1.807) is 13.8 Å². The van der Waals surface area contributed by atoms with Crippen LogP contribution in [0.25, 0.3) is 0 Å². The van der Waals surface area contributed by atoms with Crippen molar-refractivity contribution in [3.63, 3.8) is 0 Å². The average Bonchev–Trinajstić information content (AvgIpc) is 2.87. The molecule has 116 valence electrons. The van der Waals surface area contributed by atoms with Gasteiger partial charge in [0.25, 0.3) is 0 Å². The van der Waals surface area contributed by atoms with Crippen molar-refractivity contribution in [3.8, 4) is 0 Å². The number of rotatable bonds is 7. The van der Waals surface area contributed by atoms with Crippen LogP contribution < -0.4 is 11.1 Å². The zero-order valence-corrected chi connectivity index (χ0v) is 11.9. The van der Waals surface area contributed by atoms with Crippen LogP contribution in [0.3, 0.4) is 0 Å². The van der Waals surface area contributed by atoms with Crippen molar-refractivity contribution in [1.82, 2.24) is 20.2 Å². The van der Waals surface area contributed by atoms with Gasteiger partial charge in [0.05, 0.1) is 6.33 Å². The fraction of sp³-hybridized carbons (Fsp3) is 0.500. The molecule has 0 bridgehead atoms. The van der Waals surface area contributed by atoms with Gasteiger partial charge in [-0.1, -0.05) is 0 Å². The number of amides is 3. The molecule has 1 rings (SSSR count). The topological polar surface area (TPSA) is 141 Å². The summed E-state index contributed by atoms with van der Waals surface area (Å²) in [5.74, 6) is -1.85. The fourth-order valence-corrected chi connectivity index (χ4v) is 1.71. The Hall–Kier alpha value is -2.58. The lowest BCUT2D eigenvalue weighted by molar-refractivity contribution is -0.139. The number of carbonyl (C=O) groups is 3. The second-order valence-corrected chi connectivity index (χ2v) is 4.81. The maximum Gasteiger partial charge on any atom is 0.326 e. The number of aromatic nitrogens is 2. The van der Waals surface area contributed by atoms with Gasteiger partial charge in [-0.15, -0.1) is 0 Å². The van der Waals surface area contributed by atoms with E-state index in [0.29, 0.717) is 5.69 Å². The minimum absolute atomic E-state index is 0.0591. The Morgan fingerprint density at radius 1 is 1.48 bits per heavy atom. The fourth-order valence-electron chi connectivity index (χ4n) is 1.71. The number of primary amides is 1. The number of imidazole rings is 1. The quantitative estimate of drug-likeness (QED) is 0.527. The number of carbonyl (C=O) groups excluding carboxylic acids is 2. The molecule has 5 N–H and O–H groups in total. The molecule has 0 saturated carbocycles. The maximum absolute atomic E-state index is 12.1. The maximum atomic E-state index is 12.1. The highest BCUT2D eigenvalue weighted by atomic mass is 16.4. The Bertz CT molecular complexity index is 500. The largest absolute Gasteiger partial charge is 0.480 e. The van der Waals surface area contributed by atoms with Gasteiger partial charge in [0.1, 0.15) is 12.6 Å². The van der Waals surface area contributed by atoms with Crippen LogP contribution in [0.15, 0.2) is 12.5 Å². The van der Waals surface area contributed by atoms with Crippen LogP contribution in [0, 0.1) is 0 Å². The number of carboxylic acid groups (broad SMARTS) is 1. The summed E-state index contributed by atoms with van der Waals surface area (Å²) in [4.78, 5) is 42.0. The van der Waals surface area contributed by atoms with Crippen molar-refractivity contribution in [1.29, 1.82) is 0 Å². The molecule has 1 atom stereocenters. The van der Waals surface area contributed by atoms with Gasteiger partial charge < -0.3 is 26.0 Å². The lowest BCUT2D eigenvalue weighted by Gasteiger charge is -2.27. The molecule has 0 spiro atoms. The summed E-state index contributed by atoms with van der Waals surface area (Å²) in [7, 11) is 0. The summed E-state index contributed by atoms with van der Waals surface area (Å²) in [6, 6.07) is -2.08. The number of nitrogens with one attached hydrogen (secondary N) is 2. The van der Waals surface area contributed by atoms with E-state index in [0.717, 1.165) is 0 Å². The number of hydrogen-bond donors (Lipinski definition) is 4. The lowest BCUT2D eigenvalue weighted by Crippen LogP contribution is -2.53. The molecule has 0 fully saturated rings. The van der Waals surface area contributed by atoms with E-state index >= 15 is 0 Å². The van der Waals surface area contributed by atoms with Crippen molar-refractivity contribution >= 4 is 17.9 Å². The molecule has 0 saturated heterocycles. The second kappa shape index (κ2) is 7.27. The van der Waals surface area contributed by atoms with Crippen molar-refractivity contribution in [2.45, 2.75) is 32.4 Å². The van der Waals surface area contributed by atoms with E-state index in [1.165, 1.54) is 17.4 Å². The number of carboxylic acids is 1. The number of nitrogens with two attached hydrogens (primary N) is 1. The first kappa shape index (κ1) is 16.5. The molecule has 0 aliphatic carbocycles. The highest BCUT2D eigenvalue weighted by Gasteiger charge is 2.26. The van der Waals surface area contributed by atoms with E-state index < -0.39 is 23.9 Å². The van der Waals surface area contributed by atoms with Crippen molar-refractivity contribution in [3.05, 3.63) is 18.2 Å². The molecule has 1 aromatic heterocycles.